The monoisotopic (exact) mass is 359 g/mol. The van der Waals surface area contributed by atoms with Crippen LogP contribution in [0, 0.1) is 11.7 Å². The maximum atomic E-state index is 13.0. The Kier molecular flexibility index (Phi) is 4.79. The van der Waals surface area contributed by atoms with E-state index in [1.165, 1.54) is 38.5 Å². The predicted molar refractivity (Wildman–Crippen MR) is 92.4 cm³/mol. The Hall–Kier alpha value is -3.09. The highest BCUT2D eigenvalue weighted by Crippen LogP contribution is 2.48. The van der Waals surface area contributed by atoms with Crippen molar-refractivity contribution in [2.45, 2.75) is 12.3 Å². The van der Waals surface area contributed by atoms with Crippen LogP contribution in [0.15, 0.2) is 36.4 Å². The topological polar surface area (TPSA) is 84.9 Å². The van der Waals surface area contributed by atoms with Crippen molar-refractivity contribution in [3.05, 3.63) is 53.3 Å². The quantitative estimate of drug-likeness (QED) is 0.827. The molecule has 0 aliphatic heterocycles. The summed E-state index contributed by atoms with van der Waals surface area (Å²) in [5, 5.41) is 11.9. The van der Waals surface area contributed by atoms with E-state index in [1.54, 1.807) is 12.1 Å². The third-order valence-corrected chi connectivity index (χ3v) is 4.41. The van der Waals surface area contributed by atoms with Gasteiger partial charge < -0.3 is 19.9 Å². The van der Waals surface area contributed by atoms with Crippen molar-refractivity contribution in [3.8, 4) is 11.5 Å². The van der Waals surface area contributed by atoms with Gasteiger partial charge >= 0.3 is 5.97 Å². The Balaban J connectivity index is 1.80. The molecule has 2 aromatic carbocycles. The van der Waals surface area contributed by atoms with Gasteiger partial charge in [0.05, 0.1) is 25.5 Å². The zero-order valence-electron chi connectivity index (χ0n) is 14.3. The van der Waals surface area contributed by atoms with Crippen molar-refractivity contribution in [1.29, 1.82) is 0 Å². The number of anilines is 1. The van der Waals surface area contributed by atoms with Gasteiger partial charge in [0.1, 0.15) is 5.82 Å². The molecule has 6 nitrogen and oxygen atoms in total. The van der Waals surface area contributed by atoms with Gasteiger partial charge in [-0.05, 0) is 42.2 Å². The molecule has 1 saturated carbocycles. The van der Waals surface area contributed by atoms with Gasteiger partial charge in [-0.1, -0.05) is 12.1 Å². The summed E-state index contributed by atoms with van der Waals surface area (Å²) in [6.45, 7) is 0. The molecule has 1 aliphatic rings. The van der Waals surface area contributed by atoms with Crippen LogP contribution < -0.4 is 14.8 Å². The van der Waals surface area contributed by atoms with Crippen LogP contribution in [0.4, 0.5) is 10.1 Å². The molecule has 1 amide bonds. The molecule has 136 valence electrons. The molecule has 2 aromatic rings. The molecule has 0 saturated heterocycles. The average Bonchev–Trinajstić information content (AvgIpc) is 3.42. The third kappa shape index (κ3) is 3.46. The van der Waals surface area contributed by atoms with E-state index in [4.69, 9.17) is 9.47 Å². The Morgan fingerprint density at radius 1 is 1.15 bits per heavy atom. The molecule has 3 rings (SSSR count). The van der Waals surface area contributed by atoms with Crippen LogP contribution in [0.5, 0.6) is 11.5 Å². The van der Waals surface area contributed by atoms with E-state index < -0.39 is 5.97 Å². The van der Waals surface area contributed by atoms with E-state index in [1.807, 2.05) is 0 Å². The molecule has 0 heterocycles. The Morgan fingerprint density at radius 3 is 2.42 bits per heavy atom. The molecular formula is C19H18FNO5. The predicted octanol–water partition coefficient (Wildman–Crippen LogP) is 3.28. The highest BCUT2D eigenvalue weighted by molar-refractivity contribution is 5.99. The van der Waals surface area contributed by atoms with Crippen LogP contribution in [0.1, 0.15) is 28.3 Å². The van der Waals surface area contributed by atoms with Crippen LogP contribution >= 0.6 is 0 Å². The number of hydrogen-bond acceptors (Lipinski definition) is 4. The minimum absolute atomic E-state index is 0.0196. The highest BCUT2D eigenvalue weighted by Gasteiger charge is 2.44. The number of benzene rings is 2. The smallest absolute Gasteiger partial charge is 0.335 e. The van der Waals surface area contributed by atoms with E-state index in [-0.39, 0.29) is 46.3 Å². The fourth-order valence-electron chi connectivity index (χ4n) is 2.97. The summed E-state index contributed by atoms with van der Waals surface area (Å²) in [7, 11) is 2.80. The second-order valence-corrected chi connectivity index (χ2v) is 6.05. The van der Waals surface area contributed by atoms with Crippen LogP contribution in [0.2, 0.25) is 0 Å². The lowest BCUT2D eigenvalue weighted by Gasteiger charge is -2.15. The summed E-state index contributed by atoms with van der Waals surface area (Å²) in [5.74, 6) is -1.48. The number of hydrogen-bond donors (Lipinski definition) is 2. The molecule has 2 atom stereocenters. The van der Waals surface area contributed by atoms with Gasteiger partial charge in [0.15, 0.2) is 11.5 Å². The summed E-state index contributed by atoms with van der Waals surface area (Å²) in [6, 6.07) is 8.73. The Labute approximate surface area is 149 Å². The zero-order valence-corrected chi connectivity index (χ0v) is 14.3. The van der Waals surface area contributed by atoms with E-state index in [9.17, 15) is 19.1 Å². The van der Waals surface area contributed by atoms with Gasteiger partial charge in [0.2, 0.25) is 5.91 Å². The lowest BCUT2D eigenvalue weighted by Crippen LogP contribution is -2.16. The van der Waals surface area contributed by atoms with Crippen molar-refractivity contribution in [2.24, 2.45) is 5.92 Å². The second kappa shape index (κ2) is 7.03. The lowest BCUT2D eigenvalue weighted by molar-refractivity contribution is -0.117. The first-order valence-electron chi connectivity index (χ1n) is 8.00. The number of amides is 1. The summed E-state index contributed by atoms with van der Waals surface area (Å²) < 4.78 is 23.4. The average molecular weight is 359 g/mol. The molecule has 0 radical (unpaired) electrons. The van der Waals surface area contributed by atoms with Crippen LogP contribution in [-0.4, -0.2) is 31.2 Å². The maximum Gasteiger partial charge on any atom is 0.335 e. The normalized spacial score (nSPS) is 18.1. The molecule has 1 fully saturated rings. The summed E-state index contributed by atoms with van der Waals surface area (Å²) >= 11 is 0. The summed E-state index contributed by atoms with van der Waals surface area (Å²) in [5.41, 5.74) is 1.11. The fraction of sp³-hybridized carbons (Fsp3) is 0.263. The van der Waals surface area contributed by atoms with Crippen molar-refractivity contribution in [1.82, 2.24) is 0 Å². The number of ether oxygens (including phenoxy) is 2. The van der Waals surface area contributed by atoms with Gasteiger partial charge in [-0.15, -0.1) is 0 Å². The molecule has 7 heteroatoms. The number of nitrogens with one attached hydrogen (secondary N) is 1. The summed E-state index contributed by atoms with van der Waals surface area (Å²) in [6.07, 6.45) is 0.648. The number of carbonyl (C=O) groups excluding carboxylic acids is 1. The zero-order chi connectivity index (χ0) is 18.8. The number of carbonyl (C=O) groups is 2. The largest absolute Gasteiger partial charge is 0.493 e. The minimum Gasteiger partial charge on any atom is -0.493 e. The van der Waals surface area contributed by atoms with Gasteiger partial charge in [-0.2, -0.15) is 0 Å². The van der Waals surface area contributed by atoms with Crippen molar-refractivity contribution >= 4 is 17.6 Å². The SMILES string of the molecule is COc1cc(C(=O)O)cc(NC(=O)C2CC2c2ccc(F)cc2)c1OC. The number of halogens is 1. The van der Waals surface area contributed by atoms with Crippen molar-refractivity contribution in [3.63, 3.8) is 0 Å². The molecule has 0 bridgehead atoms. The van der Waals surface area contributed by atoms with E-state index in [0.717, 1.165) is 5.56 Å². The Morgan fingerprint density at radius 2 is 1.85 bits per heavy atom. The molecule has 0 spiro atoms. The molecule has 26 heavy (non-hydrogen) atoms. The first-order chi connectivity index (χ1) is 12.4. The van der Waals surface area contributed by atoms with Crippen molar-refractivity contribution in [2.75, 3.05) is 19.5 Å². The number of carboxylic acid groups (broad SMARTS) is 1. The molecule has 1 aliphatic carbocycles. The minimum atomic E-state index is -1.14. The number of carboxylic acids is 1. The molecule has 2 unspecified atom stereocenters. The van der Waals surface area contributed by atoms with Gasteiger partial charge in [-0.3, -0.25) is 4.79 Å². The van der Waals surface area contributed by atoms with E-state index in [2.05, 4.69) is 5.32 Å². The highest BCUT2D eigenvalue weighted by atomic mass is 19.1. The number of aromatic carboxylic acids is 1. The third-order valence-electron chi connectivity index (χ3n) is 4.41. The van der Waals surface area contributed by atoms with Gasteiger partial charge in [0, 0.05) is 5.92 Å². The fourth-order valence-corrected chi connectivity index (χ4v) is 2.97. The van der Waals surface area contributed by atoms with E-state index >= 15 is 0 Å². The first-order valence-corrected chi connectivity index (χ1v) is 8.00. The van der Waals surface area contributed by atoms with Crippen LogP contribution in [0.25, 0.3) is 0 Å². The molecule has 0 aromatic heterocycles. The van der Waals surface area contributed by atoms with Crippen molar-refractivity contribution < 1.29 is 28.6 Å². The van der Waals surface area contributed by atoms with Gasteiger partial charge in [-0.25, -0.2) is 9.18 Å². The van der Waals surface area contributed by atoms with Gasteiger partial charge in [0.25, 0.3) is 0 Å². The Bertz CT molecular complexity index is 850. The number of methoxy groups -OCH3 is 2. The molecule has 2 N–H and O–H groups in total. The number of rotatable bonds is 6. The lowest BCUT2D eigenvalue weighted by atomic mass is 10.1. The maximum absolute atomic E-state index is 13.0. The van der Waals surface area contributed by atoms with Crippen LogP contribution in [-0.2, 0) is 4.79 Å². The second-order valence-electron chi connectivity index (χ2n) is 6.05. The molecular weight excluding hydrogens is 341 g/mol. The first kappa shape index (κ1) is 17.7. The standard InChI is InChI=1S/C19H18FNO5/c1-25-16-8-11(19(23)24)7-15(17(16)26-2)21-18(22)14-9-13(14)10-3-5-12(20)6-4-10/h3-8,13-14H,9H2,1-2H3,(H,21,22)(H,23,24). The van der Waals surface area contributed by atoms with E-state index in [0.29, 0.717) is 6.42 Å². The van der Waals surface area contributed by atoms with Crippen LogP contribution in [0.3, 0.4) is 0 Å². The summed E-state index contributed by atoms with van der Waals surface area (Å²) in [4.78, 5) is 23.8.